The first kappa shape index (κ1) is 53.6. The second kappa shape index (κ2) is 22.5. The number of benzene rings is 3. The number of hydrogen-bond donors (Lipinski definition) is 5. The van der Waals surface area contributed by atoms with Crippen LogP contribution in [-0.4, -0.2) is 123 Å². The fraction of sp³-hybridized carbons (Fsp3) is 0.378. The van der Waals surface area contributed by atoms with E-state index in [-0.39, 0.29) is 11.6 Å². The quantitative estimate of drug-likeness (QED) is 0.0740. The van der Waals surface area contributed by atoms with E-state index < -0.39 is 104 Å². The first-order valence-electron chi connectivity index (χ1n) is 21.1. The van der Waals surface area contributed by atoms with Gasteiger partial charge in [-0.25, -0.2) is 9.59 Å². The van der Waals surface area contributed by atoms with Crippen LogP contribution in [0.15, 0.2) is 113 Å². The second-order valence-electron chi connectivity index (χ2n) is 15.5. The summed E-state index contributed by atoms with van der Waals surface area (Å²) in [5.74, 6) is -0.0531. The van der Waals surface area contributed by atoms with Gasteiger partial charge in [0, 0.05) is 26.2 Å². The third-order valence-corrected chi connectivity index (χ3v) is 10.8. The van der Waals surface area contributed by atoms with E-state index in [1.165, 1.54) is 34.1 Å². The van der Waals surface area contributed by atoms with E-state index in [9.17, 15) is 55.7 Å². The van der Waals surface area contributed by atoms with Crippen LogP contribution < -0.4 is 31.5 Å². The van der Waals surface area contributed by atoms with Gasteiger partial charge < -0.3 is 49.6 Å². The molecular formula is C45H46F6N6O14. The highest BCUT2D eigenvalue weighted by Gasteiger charge is 2.53. The van der Waals surface area contributed by atoms with Gasteiger partial charge in [-0.2, -0.15) is 9.97 Å². The van der Waals surface area contributed by atoms with E-state index in [4.69, 9.17) is 28.8 Å². The summed E-state index contributed by atoms with van der Waals surface area (Å²) >= 11 is 0. The molecule has 2 fully saturated rings. The summed E-state index contributed by atoms with van der Waals surface area (Å²) in [6.45, 7) is 1.16. The number of aliphatic hydroxyl groups excluding tert-OH is 3. The zero-order valence-electron chi connectivity index (χ0n) is 37.7. The Kier molecular flexibility index (Phi) is 17.0. The van der Waals surface area contributed by atoms with Gasteiger partial charge in [-0.15, -0.1) is 26.3 Å². The number of amides is 2. The SMILES string of the molecule is CC(=O)Nc1ccn([C@@H]2O[C@H](CO)[C@H](O)C2OC(F)(F)F)c(=O)n1.COc1ccc(C(OC[C@H]2O[C@@H](n3ccc(NC(C)=O)nc3=O)C(OC(F)(F)F)[C@H]2O)(c2ccccc2)c2ccc(OC)cc2)cc1. The molecule has 2 aromatic heterocycles. The molecule has 0 saturated carbocycles. The molecule has 382 valence electrons. The molecule has 2 amide bonds. The number of ether oxygens (including phenoxy) is 7. The largest absolute Gasteiger partial charge is 0.523 e. The number of methoxy groups -OCH3 is 2. The van der Waals surface area contributed by atoms with Gasteiger partial charge in [0.05, 0.1) is 27.4 Å². The predicted molar refractivity (Wildman–Crippen MR) is 233 cm³/mol. The number of nitrogens with one attached hydrogen (secondary N) is 2. The summed E-state index contributed by atoms with van der Waals surface area (Å²) in [7, 11) is 3.06. The molecule has 0 aliphatic carbocycles. The molecule has 2 aliphatic rings. The van der Waals surface area contributed by atoms with Gasteiger partial charge in [0.15, 0.2) is 12.5 Å². The molecule has 20 nitrogen and oxygen atoms in total. The predicted octanol–water partition coefficient (Wildman–Crippen LogP) is 3.75. The molecule has 5 aromatic rings. The number of aliphatic hydroxyl groups is 3. The van der Waals surface area contributed by atoms with Crippen LogP contribution in [0.3, 0.4) is 0 Å². The summed E-state index contributed by atoms with van der Waals surface area (Å²) in [4.78, 5) is 54.3. The van der Waals surface area contributed by atoms with Crippen LogP contribution in [-0.2, 0) is 38.9 Å². The van der Waals surface area contributed by atoms with Crippen LogP contribution in [0, 0.1) is 0 Å². The van der Waals surface area contributed by atoms with Crippen molar-refractivity contribution in [1.29, 1.82) is 0 Å². The molecule has 2 aliphatic heterocycles. The third kappa shape index (κ3) is 13.0. The normalized spacial score (nSPS) is 22.3. The highest BCUT2D eigenvalue weighted by molar-refractivity contribution is 5.87. The zero-order chi connectivity index (χ0) is 51.8. The van der Waals surface area contributed by atoms with E-state index in [0.29, 0.717) is 32.8 Å². The fourth-order valence-electron chi connectivity index (χ4n) is 7.73. The topological polar surface area (TPSA) is 253 Å². The monoisotopic (exact) mass is 1010 g/mol. The van der Waals surface area contributed by atoms with E-state index in [0.717, 1.165) is 23.0 Å². The summed E-state index contributed by atoms with van der Waals surface area (Å²) in [5, 5.41) is 34.6. The maximum absolute atomic E-state index is 13.6. The highest BCUT2D eigenvalue weighted by Crippen LogP contribution is 2.44. The van der Waals surface area contributed by atoms with Gasteiger partial charge in [0.25, 0.3) is 0 Å². The van der Waals surface area contributed by atoms with Crippen LogP contribution in [0.4, 0.5) is 38.0 Å². The van der Waals surface area contributed by atoms with Crippen molar-refractivity contribution < 1.29 is 84.4 Å². The second-order valence-corrected chi connectivity index (χ2v) is 15.5. The van der Waals surface area contributed by atoms with Gasteiger partial charge in [0.2, 0.25) is 11.8 Å². The first-order valence-corrected chi connectivity index (χ1v) is 21.1. The average Bonchev–Trinajstić information content (AvgIpc) is 3.78. The lowest BCUT2D eigenvalue weighted by Crippen LogP contribution is -2.42. The number of aromatic nitrogens is 4. The van der Waals surface area contributed by atoms with E-state index in [1.54, 1.807) is 48.5 Å². The van der Waals surface area contributed by atoms with Crippen LogP contribution in [0.25, 0.3) is 0 Å². The van der Waals surface area contributed by atoms with Crippen LogP contribution in [0.2, 0.25) is 0 Å². The molecular weight excluding hydrogens is 963 g/mol. The highest BCUT2D eigenvalue weighted by atomic mass is 19.4. The Morgan fingerprint density at radius 3 is 1.39 bits per heavy atom. The van der Waals surface area contributed by atoms with Crippen molar-refractivity contribution in [2.75, 3.05) is 38.1 Å². The minimum absolute atomic E-state index is 0.103. The van der Waals surface area contributed by atoms with Crippen molar-refractivity contribution >= 4 is 23.5 Å². The lowest BCUT2D eigenvalue weighted by molar-refractivity contribution is -0.356. The third-order valence-electron chi connectivity index (χ3n) is 10.8. The number of anilines is 2. The number of hydrogen-bond acceptors (Lipinski definition) is 16. The van der Waals surface area contributed by atoms with Crippen LogP contribution in [0.5, 0.6) is 11.5 Å². The molecule has 2 unspecified atom stereocenters. The Morgan fingerprint density at radius 2 is 1.03 bits per heavy atom. The Bertz CT molecular complexity index is 2660. The Balaban J connectivity index is 0.000000288. The van der Waals surface area contributed by atoms with Gasteiger partial charge in [-0.3, -0.25) is 28.2 Å². The molecule has 0 spiro atoms. The number of halogens is 6. The molecule has 8 atom stereocenters. The molecule has 26 heteroatoms. The van der Waals surface area contributed by atoms with E-state index in [1.807, 2.05) is 30.3 Å². The lowest BCUT2D eigenvalue weighted by Gasteiger charge is -2.37. The van der Waals surface area contributed by atoms with Crippen molar-refractivity contribution in [3.05, 3.63) is 141 Å². The molecule has 7 rings (SSSR count). The Morgan fingerprint density at radius 1 is 0.634 bits per heavy atom. The van der Waals surface area contributed by atoms with Gasteiger partial charge in [-0.05, 0) is 53.1 Å². The molecule has 0 bridgehead atoms. The van der Waals surface area contributed by atoms with Crippen molar-refractivity contribution in [2.45, 2.75) is 81.3 Å². The Labute approximate surface area is 398 Å². The molecule has 2 saturated heterocycles. The minimum Gasteiger partial charge on any atom is -0.497 e. The summed E-state index contributed by atoms with van der Waals surface area (Å²) < 4.78 is 116. The van der Waals surface area contributed by atoms with Crippen LogP contribution >= 0.6 is 0 Å². The smallest absolute Gasteiger partial charge is 0.497 e. The van der Waals surface area contributed by atoms with E-state index in [2.05, 4.69) is 30.1 Å². The van der Waals surface area contributed by atoms with Gasteiger partial charge in [-0.1, -0.05) is 54.6 Å². The molecule has 0 radical (unpaired) electrons. The standard InChI is InChI=1S/C33H32F3N3O8.C12H14F3N3O6/c1-20(40)37-27-17-18-39(31(42)38-27)30-29(47-33(34,35)36)28(41)26(46-30)19-45-32(21-7-5-4-6-8-21,22-9-13-24(43-2)14-10-22)23-11-15-25(44-3)16-12-23;1-5(20)16-7-2-3-18(11(22)17-7)10-9(24-12(13,14)15)8(21)6(4-19)23-10/h4-18,26,28-30,41H,19H2,1-3H3,(H,37,38,40,42);2-3,6,8-10,19,21H,4H2,1H3,(H,16,17,20,22)/t26-,28+,29?,30-;6-,8+,9?,10-/m11/s1. The van der Waals surface area contributed by atoms with Crippen molar-refractivity contribution in [1.82, 2.24) is 19.1 Å². The maximum Gasteiger partial charge on any atom is 0.523 e. The summed E-state index contributed by atoms with van der Waals surface area (Å²) in [6, 6.07) is 25.6. The molecule has 5 N–H and O–H groups in total. The van der Waals surface area contributed by atoms with Gasteiger partial charge >= 0.3 is 24.1 Å². The number of alkyl halides is 6. The number of nitrogens with zero attached hydrogens (tertiary/aromatic N) is 4. The zero-order valence-corrected chi connectivity index (χ0v) is 37.7. The molecule has 71 heavy (non-hydrogen) atoms. The van der Waals surface area contributed by atoms with Crippen LogP contribution in [0.1, 0.15) is 43.0 Å². The summed E-state index contributed by atoms with van der Waals surface area (Å²) in [6.07, 6.45) is -22.1. The maximum atomic E-state index is 13.6. The minimum atomic E-state index is -5.18. The first-order chi connectivity index (χ1) is 33.6. The average molecular weight is 1010 g/mol. The van der Waals surface area contributed by atoms with E-state index >= 15 is 0 Å². The lowest BCUT2D eigenvalue weighted by atomic mass is 9.80. The summed E-state index contributed by atoms with van der Waals surface area (Å²) in [5.41, 5.74) is -1.52. The Hall–Kier alpha value is -6.78. The molecule has 4 heterocycles. The molecule has 3 aromatic carbocycles. The number of carbonyl (C=O) groups excluding carboxylic acids is 2. The number of carbonyl (C=O) groups is 2. The number of rotatable bonds is 15. The fourth-order valence-corrected chi connectivity index (χ4v) is 7.73. The van der Waals surface area contributed by atoms with Crippen molar-refractivity contribution in [2.24, 2.45) is 0 Å². The van der Waals surface area contributed by atoms with Crippen molar-refractivity contribution in [3.63, 3.8) is 0 Å². The van der Waals surface area contributed by atoms with Crippen molar-refractivity contribution in [3.8, 4) is 11.5 Å². The van der Waals surface area contributed by atoms with Gasteiger partial charge in [0.1, 0.15) is 65.4 Å².